The van der Waals surface area contributed by atoms with Gasteiger partial charge in [0, 0.05) is 0 Å². The van der Waals surface area contributed by atoms with Gasteiger partial charge < -0.3 is 5.11 Å². The third kappa shape index (κ3) is 2.79. The van der Waals surface area contributed by atoms with E-state index in [0.717, 1.165) is 0 Å². The zero-order chi connectivity index (χ0) is 17.5. The van der Waals surface area contributed by atoms with Crippen LogP contribution < -0.4 is 0 Å². The molecule has 126 valence electrons. The highest BCUT2D eigenvalue weighted by atomic mass is 19.4. The summed E-state index contributed by atoms with van der Waals surface area (Å²) in [5.74, 6) is -32.9. The third-order valence-electron chi connectivity index (χ3n) is 2.11. The Hall–Kier alpha value is -1.14. The average molecular weight is 344 g/mol. The first-order chi connectivity index (χ1) is 8.98. The highest BCUT2D eigenvalue weighted by Gasteiger charge is 2.87. The standard InChI is InChI=1S/C8H4F12O/c9-3(1-2-21)4(10,11)5(12,13)6(14,15)7(16,17)8(18,19)20/h1,21H,2H2/b3-1-. The lowest BCUT2D eigenvalue weighted by Gasteiger charge is -2.36. The Labute approximate surface area is 107 Å². The topological polar surface area (TPSA) is 20.2 Å². The van der Waals surface area contributed by atoms with Crippen LogP contribution in [-0.2, 0) is 0 Å². The van der Waals surface area contributed by atoms with E-state index in [0.29, 0.717) is 0 Å². The lowest BCUT2D eigenvalue weighted by Crippen LogP contribution is -2.66. The quantitative estimate of drug-likeness (QED) is 0.750. The monoisotopic (exact) mass is 344 g/mol. The normalized spacial score (nSPS) is 16.3. The van der Waals surface area contributed by atoms with Crippen molar-refractivity contribution < 1.29 is 57.8 Å². The van der Waals surface area contributed by atoms with Gasteiger partial charge in [-0.2, -0.15) is 48.3 Å². The van der Waals surface area contributed by atoms with Crippen LogP contribution in [0.1, 0.15) is 0 Å². The molecule has 13 heteroatoms. The molecule has 0 spiro atoms. The van der Waals surface area contributed by atoms with Gasteiger partial charge in [0.1, 0.15) is 0 Å². The molecule has 0 aliphatic heterocycles. The minimum Gasteiger partial charge on any atom is -0.392 e. The zero-order valence-corrected chi connectivity index (χ0v) is 9.27. The molecule has 0 aromatic heterocycles. The van der Waals surface area contributed by atoms with Gasteiger partial charge in [-0.25, -0.2) is 4.39 Å². The maximum absolute atomic E-state index is 12.7. The van der Waals surface area contributed by atoms with Crippen molar-refractivity contribution in [1.82, 2.24) is 0 Å². The Kier molecular flexibility index (Phi) is 4.96. The Balaban J connectivity index is 6.07. The Bertz CT molecular complexity index is 406. The summed E-state index contributed by atoms with van der Waals surface area (Å²) in [5.41, 5.74) is 0. The van der Waals surface area contributed by atoms with Crippen LogP contribution in [0.4, 0.5) is 52.7 Å². The summed E-state index contributed by atoms with van der Waals surface area (Å²) in [6, 6.07) is 0. The molecule has 0 saturated carbocycles. The number of halogens is 12. The molecule has 0 aliphatic carbocycles. The highest BCUT2D eigenvalue weighted by molar-refractivity contribution is 5.17. The first-order valence-electron chi connectivity index (χ1n) is 4.53. The van der Waals surface area contributed by atoms with Crippen molar-refractivity contribution in [2.45, 2.75) is 29.9 Å². The molecule has 0 aromatic carbocycles. The second-order valence-electron chi connectivity index (χ2n) is 3.53. The fourth-order valence-electron chi connectivity index (χ4n) is 0.931. The molecule has 1 nitrogen and oxygen atoms in total. The molecule has 0 aliphatic rings. The lowest BCUT2D eigenvalue weighted by molar-refractivity contribution is -0.419. The van der Waals surface area contributed by atoms with E-state index < -0.39 is 48.4 Å². The maximum Gasteiger partial charge on any atom is 0.460 e. The van der Waals surface area contributed by atoms with Crippen LogP contribution in [0.25, 0.3) is 0 Å². The summed E-state index contributed by atoms with van der Waals surface area (Å²) < 4.78 is 148. The van der Waals surface area contributed by atoms with Crippen molar-refractivity contribution in [2.75, 3.05) is 6.61 Å². The van der Waals surface area contributed by atoms with Crippen LogP contribution in [0, 0.1) is 0 Å². The summed E-state index contributed by atoms with van der Waals surface area (Å²) >= 11 is 0. The van der Waals surface area contributed by atoms with Crippen molar-refractivity contribution in [3.8, 4) is 0 Å². The molecule has 21 heavy (non-hydrogen) atoms. The molecular formula is C8H4F12O. The molecule has 1 N–H and O–H groups in total. The predicted octanol–water partition coefficient (Wildman–Crippen LogP) is 3.94. The van der Waals surface area contributed by atoms with Gasteiger partial charge in [-0.3, -0.25) is 0 Å². The van der Waals surface area contributed by atoms with E-state index in [1.807, 2.05) is 0 Å². The summed E-state index contributed by atoms with van der Waals surface area (Å²) in [6.07, 6.45) is -8.09. The molecule has 0 atom stereocenters. The molecule has 0 bridgehead atoms. The fraction of sp³-hybridized carbons (Fsp3) is 0.750. The molecule has 0 radical (unpaired) electrons. The van der Waals surface area contributed by atoms with Gasteiger partial charge in [0.2, 0.25) is 0 Å². The SMILES string of the molecule is OC/C=C(\F)C(F)(F)C(F)(F)C(F)(F)C(F)(F)C(F)(F)F. The van der Waals surface area contributed by atoms with Crippen LogP contribution in [-0.4, -0.2) is 41.6 Å². The highest BCUT2D eigenvalue weighted by Crippen LogP contribution is 2.58. The van der Waals surface area contributed by atoms with E-state index >= 15 is 0 Å². The molecule has 0 aromatic rings. The summed E-state index contributed by atoms with van der Waals surface area (Å²) in [7, 11) is 0. The Morgan fingerprint density at radius 2 is 1.10 bits per heavy atom. The van der Waals surface area contributed by atoms with E-state index in [9.17, 15) is 52.7 Å². The van der Waals surface area contributed by atoms with Crippen LogP contribution in [0.3, 0.4) is 0 Å². The number of rotatable bonds is 5. The molecule has 0 saturated heterocycles. The van der Waals surface area contributed by atoms with Gasteiger partial charge in [0.15, 0.2) is 5.83 Å². The van der Waals surface area contributed by atoms with Crippen molar-refractivity contribution in [3.63, 3.8) is 0 Å². The van der Waals surface area contributed by atoms with Crippen molar-refractivity contribution in [3.05, 3.63) is 11.9 Å². The van der Waals surface area contributed by atoms with E-state index in [1.165, 1.54) is 0 Å². The molecular weight excluding hydrogens is 340 g/mol. The first-order valence-corrected chi connectivity index (χ1v) is 4.53. The maximum atomic E-state index is 12.7. The largest absolute Gasteiger partial charge is 0.460 e. The van der Waals surface area contributed by atoms with E-state index in [4.69, 9.17) is 5.11 Å². The van der Waals surface area contributed by atoms with Crippen LogP contribution in [0.5, 0.6) is 0 Å². The van der Waals surface area contributed by atoms with Gasteiger partial charge in [-0.1, -0.05) is 0 Å². The van der Waals surface area contributed by atoms with Crippen LogP contribution in [0.2, 0.25) is 0 Å². The number of aliphatic hydroxyl groups excluding tert-OH is 1. The molecule has 0 unspecified atom stereocenters. The molecule has 0 heterocycles. The van der Waals surface area contributed by atoms with Crippen LogP contribution in [0.15, 0.2) is 11.9 Å². The van der Waals surface area contributed by atoms with Gasteiger partial charge in [-0.15, -0.1) is 0 Å². The van der Waals surface area contributed by atoms with Gasteiger partial charge in [0.05, 0.1) is 6.61 Å². The summed E-state index contributed by atoms with van der Waals surface area (Å²) in [4.78, 5) is 0. The van der Waals surface area contributed by atoms with E-state index in [1.54, 1.807) is 0 Å². The second-order valence-corrected chi connectivity index (χ2v) is 3.53. The number of alkyl halides is 11. The first kappa shape index (κ1) is 19.9. The number of hydrogen-bond acceptors (Lipinski definition) is 1. The molecule has 0 rings (SSSR count). The van der Waals surface area contributed by atoms with E-state index in [2.05, 4.69) is 0 Å². The zero-order valence-electron chi connectivity index (χ0n) is 9.27. The van der Waals surface area contributed by atoms with Crippen LogP contribution >= 0.6 is 0 Å². The minimum atomic E-state index is -7.66. The number of allylic oxidation sites excluding steroid dienone is 1. The van der Waals surface area contributed by atoms with Crippen molar-refractivity contribution in [2.24, 2.45) is 0 Å². The number of aliphatic hydroxyl groups is 1. The van der Waals surface area contributed by atoms with Crippen molar-refractivity contribution >= 4 is 0 Å². The second kappa shape index (κ2) is 5.25. The summed E-state index contributed by atoms with van der Waals surface area (Å²) in [6.45, 7) is -1.72. The Morgan fingerprint density at radius 3 is 1.38 bits per heavy atom. The van der Waals surface area contributed by atoms with Gasteiger partial charge >= 0.3 is 29.9 Å². The average Bonchev–Trinajstić information content (AvgIpc) is 2.26. The smallest absolute Gasteiger partial charge is 0.392 e. The minimum absolute atomic E-state index is 0.796. The van der Waals surface area contributed by atoms with E-state index in [-0.39, 0.29) is 0 Å². The van der Waals surface area contributed by atoms with Crippen molar-refractivity contribution in [1.29, 1.82) is 0 Å². The number of hydrogen-bond donors (Lipinski definition) is 1. The Morgan fingerprint density at radius 1 is 0.714 bits per heavy atom. The molecule has 0 amide bonds. The fourth-order valence-corrected chi connectivity index (χ4v) is 0.931. The summed E-state index contributed by atoms with van der Waals surface area (Å²) in [5, 5.41) is 7.95. The predicted molar refractivity (Wildman–Crippen MR) is 42.1 cm³/mol. The molecule has 0 fully saturated rings. The lowest BCUT2D eigenvalue weighted by atomic mass is 9.97. The van der Waals surface area contributed by atoms with Gasteiger partial charge in [0.25, 0.3) is 0 Å². The van der Waals surface area contributed by atoms with Gasteiger partial charge in [-0.05, 0) is 6.08 Å². The third-order valence-corrected chi connectivity index (χ3v) is 2.11.